The Kier molecular flexibility index (Phi) is 3.66. The summed E-state index contributed by atoms with van der Waals surface area (Å²) in [5.41, 5.74) is -0.113. The van der Waals surface area contributed by atoms with Gasteiger partial charge in [-0.2, -0.15) is 4.98 Å². The molecule has 0 saturated carbocycles. The third-order valence-corrected chi connectivity index (χ3v) is 2.71. The predicted molar refractivity (Wildman–Crippen MR) is 74.9 cm³/mol. The molecule has 0 N–H and O–H groups in total. The first kappa shape index (κ1) is 13.0. The van der Waals surface area contributed by atoms with Crippen LogP contribution in [0.15, 0.2) is 41.0 Å². The lowest BCUT2D eigenvalue weighted by molar-refractivity contribution is 0.444. The van der Waals surface area contributed by atoms with Crippen LogP contribution in [0.3, 0.4) is 0 Å². The number of nitrogens with zero attached hydrogens (tertiary/aromatic N) is 2. The van der Waals surface area contributed by atoms with Crippen LogP contribution in [0.4, 0.5) is 0 Å². The maximum Gasteiger partial charge on any atom is 0.223 e. The summed E-state index contributed by atoms with van der Waals surface area (Å²) in [7, 11) is 0. The molecule has 0 fully saturated rings. The van der Waals surface area contributed by atoms with Gasteiger partial charge in [-0.25, -0.2) is 4.98 Å². The van der Waals surface area contributed by atoms with E-state index in [-0.39, 0.29) is 5.41 Å². The zero-order chi connectivity index (χ0) is 13.2. The van der Waals surface area contributed by atoms with Crippen LogP contribution in [0.25, 0.3) is 0 Å². The zero-order valence-corrected chi connectivity index (χ0v) is 12.2. The standard InChI is InChI=1S/C14H15BrN2O/c1-14(2,3)13-16-11(15)9-12(17-13)18-10-7-5-4-6-8-10/h4-9H,1-3H3. The number of ether oxygens (including phenoxy) is 1. The van der Waals surface area contributed by atoms with Crippen molar-refractivity contribution >= 4 is 15.9 Å². The van der Waals surface area contributed by atoms with Crippen molar-refractivity contribution in [3.63, 3.8) is 0 Å². The predicted octanol–water partition coefficient (Wildman–Crippen LogP) is 4.33. The molecule has 18 heavy (non-hydrogen) atoms. The summed E-state index contributed by atoms with van der Waals surface area (Å²) in [6.07, 6.45) is 0. The van der Waals surface area contributed by atoms with Gasteiger partial charge < -0.3 is 4.74 Å². The van der Waals surface area contributed by atoms with Crippen molar-refractivity contribution < 1.29 is 4.74 Å². The highest BCUT2D eigenvalue weighted by Gasteiger charge is 2.19. The van der Waals surface area contributed by atoms with Crippen molar-refractivity contribution in [1.29, 1.82) is 0 Å². The van der Waals surface area contributed by atoms with Crippen LogP contribution in [0.1, 0.15) is 26.6 Å². The van der Waals surface area contributed by atoms with Crippen LogP contribution in [0, 0.1) is 0 Å². The van der Waals surface area contributed by atoms with Crippen molar-refractivity contribution in [3.8, 4) is 11.6 Å². The number of hydrogen-bond acceptors (Lipinski definition) is 3. The van der Waals surface area contributed by atoms with Crippen molar-refractivity contribution in [1.82, 2.24) is 9.97 Å². The molecule has 0 saturated heterocycles. The van der Waals surface area contributed by atoms with E-state index >= 15 is 0 Å². The van der Waals surface area contributed by atoms with E-state index < -0.39 is 0 Å². The molecule has 0 spiro atoms. The fraction of sp³-hybridized carbons (Fsp3) is 0.286. The Labute approximate surface area is 115 Å². The summed E-state index contributed by atoms with van der Waals surface area (Å²) in [5, 5.41) is 0. The molecule has 2 aromatic rings. The van der Waals surface area contributed by atoms with Crippen LogP contribution in [-0.2, 0) is 5.41 Å². The third-order valence-electron chi connectivity index (χ3n) is 2.31. The lowest BCUT2D eigenvalue weighted by atomic mass is 9.96. The van der Waals surface area contributed by atoms with Gasteiger partial charge in [0.25, 0.3) is 0 Å². The van der Waals surface area contributed by atoms with Crippen LogP contribution >= 0.6 is 15.9 Å². The summed E-state index contributed by atoms with van der Waals surface area (Å²) >= 11 is 3.39. The van der Waals surface area contributed by atoms with Gasteiger partial charge in [-0.1, -0.05) is 39.0 Å². The van der Waals surface area contributed by atoms with Gasteiger partial charge in [-0.05, 0) is 28.1 Å². The molecule has 3 nitrogen and oxygen atoms in total. The van der Waals surface area contributed by atoms with E-state index in [0.29, 0.717) is 5.88 Å². The molecule has 1 heterocycles. The van der Waals surface area contributed by atoms with Gasteiger partial charge in [-0.15, -0.1) is 0 Å². The van der Waals surface area contributed by atoms with Gasteiger partial charge in [0.1, 0.15) is 16.2 Å². The lowest BCUT2D eigenvalue weighted by Crippen LogP contribution is -2.16. The molecular weight excluding hydrogens is 292 g/mol. The minimum absolute atomic E-state index is 0.113. The second kappa shape index (κ2) is 5.06. The molecule has 4 heteroatoms. The van der Waals surface area contributed by atoms with Gasteiger partial charge in [0.05, 0.1) is 0 Å². The average molecular weight is 307 g/mol. The molecule has 0 amide bonds. The molecule has 0 unspecified atom stereocenters. The van der Waals surface area contributed by atoms with Gasteiger partial charge in [0.15, 0.2) is 0 Å². The number of halogens is 1. The summed E-state index contributed by atoms with van der Waals surface area (Å²) in [4.78, 5) is 8.81. The Morgan fingerprint density at radius 3 is 2.33 bits per heavy atom. The molecule has 2 rings (SSSR count). The molecule has 1 aromatic heterocycles. The van der Waals surface area contributed by atoms with Crippen LogP contribution in [0.5, 0.6) is 11.6 Å². The molecule has 0 atom stereocenters. The minimum atomic E-state index is -0.113. The van der Waals surface area contributed by atoms with Crippen molar-refractivity contribution in [2.75, 3.05) is 0 Å². The quantitative estimate of drug-likeness (QED) is 0.775. The number of benzene rings is 1. The van der Waals surface area contributed by atoms with E-state index in [1.807, 2.05) is 30.3 Å². The van der Waals surface area contributed by atoms with E-state index in [1.54, 1.807) is 6.07 Å². The molecule has 0 radical (unpaired) electrons. The Morgan fingerprint density at radius 1 is 1.06 bits per heavy atom. The summed E-state index contributed by atoms with van der Waals surface area (Å²) in [5.74, 6) is 2.07. The SMILES string of the molecule is CC(C)(C)c1nc(Br)cc(Oc2ccccc2)n1. The third kappa shape index (κ3) is 3.29. The van der Waals surface area contributed by atoms with Crippen molar-refractivity contribution in [3.05, 3.63) is 46.8 Å². The molecule has 94 valence electrons. The Balaban J connectivity index is 2.32. The van der Waals surface area contributed by atoms with Crippen molar-refractivity contribution in [2.45, 2.75) is 26.2 Å². The number of rotatable bonds is 2. The topological polar surface area (TPSA) is 35.0 Å². The molecule has 0 aliphatic heterocycles. The number of aromatic nitrogens is 2. The first-order valence-corrected chi connectivity index (χ1v) is 6.52. The fourth-order valence-electron chi connectivity index (χ4n) is 1.39. The Hall–Kier alpha value is -1.42. The summed E-state index contributed by atoms with van der Waals surface area (Å²) in [6, 6.07) is 11.4. The Morgan fingerprint density at radius 2 is 1.72 bits per heavy atom. The monoisotopic (exact) mass is 306 g/mol. The van der Waals surface area contributed by atoms with E-state index in [0.717, 1.165) is 16.2 Å². The van der Waals surface area contributed by atoms with Gasteiger partial charge in [0, 0.05) is 11.5 Å². The van der Waals surface area contributed by atoms with E-state index in [1.165, 1.54) is 0 Å². The van der Waals surface area contributed by atoms with Crippen LogP contribution in [0.2, 0.25) is 0 Å². The second-order valence-corrected chi connectivity index (χ2v) is 5.83. The Bertz CT molecular complexity index is 535. The fourth-order valence-corrected chi connectivity index (χ4v) is 1.76. The largest absolute Gasteiger partial charge is 0.439 e. The van der Waals surface area contributed by atoms with Gasteiger partial charge >= 0.3 is 0 Å². The summed E-state index contributed by atoms with van der Waals surface area (Å²) in [6.45, 7) is 6.21. The maximum absolute atomic E-state index is 5.71. The number of hydrogen-bond donors (Lipinski definition) is 0. The van der Waals surface area contributed by atoms with E-state index in [2.05, 4.69) is 46.7 Å². The molecule has 0 aliphatic carbocycles. The van der Waals surface area contributed by atoms with E-state index in [4.69, 9.17) is 4.74 Å². The summed E-state index contributed by atoms with van der Waals surface area (Å²) < 4.78 is 6.44. The average Bonchev–Trinajstić information content (AvgIpc) is 2.28. The molecule has 1 aromatic carbocycles. The highest BCUT2D eigenvalue weighted by atomic mass is 79.9. The van der Waals surface area contributed by atoms with Crippen molar-refractivity contribution in [2.24, 2.45) is 0 Å². The van der Waals surface area contributed by atoms with Crippen LogP contribution in [-0.4, -0.2) is 9.97 Å². The van der Waals surface area contributed by atoms with Crippen LogP contribution < -0.4 is 4.74 Å². The smallest absolute Gasteiger partial charge is 0.223 e. The normalized spacial score (nSPS) is 11.3. The minimum Gasteiger partial charge on any atom is -0.439 e. The number of para-hydroxylation sites is 1. The first-order valence-electron chi connectivity index (χ1n) is 5.73. The maximum atomic E-state index is 5.71. The second-order valence-electron chi connectivity index (χ2n) is 5.02. The molecule has 0 aliphatic rings. The highest BCUT2D eigenvalue weighted by molar-refractivity contribution is 9.10. The lowest BCUT2D eigenvalue weighted by Gasteiger charge is -2.17. The molecular formula is C14H15BrN2O. The zero-order valence-electron chi connectivity index (χ0n) is 10.6. The highest BCUT2D eigenvalue weighted by Crippen LogP contribution is 2.26. The van der Waals surface area contributed by atoms with Gasteiger partial charge in [-0.3, -0.25) is 0 Å². The van der Waals surface area contributed by atoms with Gasteiger partial charge in [0.2, 0.25) is 5.88 Å². The van der Waals surface area contributed by atoms with E-state index in [9.17, 15) is 0 Å². The molecule has 0 bridgehead atoms. The first-order chi connectivity index (χ1) is 8.45.